The van der Waals surface area contributed by atoms with Crippen molar-refractivity contribution in [1.29, 1.82) is 0 Å². The van der Waals surface area contributed by atoms with Gasteiger partial charge < -0.3 is 18.1 Å². The fourth-order valence-corrected chi connectivity index (χ4v) is 5.89. The molecule has 2 aromatic rings. The van der Waals surface area contributed by atoms with Gasteiger partial charge in [-0.05, 0) is 78.3 Å². The highest BCUT2D eigenvalue weighted by Crippen LogP contribution is 2.45. The molecule has 0 spiro atoms. The zero-order valence-electron chi connectivity index (χ0n) is 18.3. The van der Waals surface area contributed by atoms with E-state index in [0.717, 1.165) is 21.4 Å². The fourth-order valence-electron chi connectivity index (χ4n) is 2.63. The summed E-state index contributed by atoms with van der Waals surface area (Å²) in [5.41, 5.74) is 0. The van der Waals surface area contributed by atoms with Crippen LogP contribution in [-0.4, -0.2) is 24.4 Å². The first-order chi connectivity index (χ1) is 13.2. The van der Waals surface area contributed by atoms with E-state index in [0.29, 0.717) is 0 Å². The van der Waals surface area contributed by atoms with Gasteiger partial charge in [-0.25, -0.2) is 0 Å². The lowest BCUT2D eigenvalue weighted by atomic mass is 10.1. The van der Waals surface area contributed by atoms with Crippen molar-refractivity contribution in [2.24, 2.45) is 0 Å². The molecule has 156 valence electrons. The van der Waals surface area contributed by atoms with Crippen LogP contribution < -0.4 is 10.6 Å². The highest BCUT2D eigenvalue weighted by atomic mass is 31.2. The van der Waals surface area contributed by atoms with E-state index in [2.05, 4.69) is 36.4 Å². The van der Waals surface area contributed by atoms with Crippen molar-refractivity contribution in [1.82, 2.24) is 0 Å². The largest absolute Gasteiger partial charge is 0.328 e. The van der Waals surface area contributed by atoms with Crippen molar-refractivity contribution < 1.29 is 18.1 Å². The van der Waals surface area contributed by atoms with Gasteiger partial charge in [-0.3, -0.25) is 0 Å². The highest BCUT2D eigenvalue weighted by molar-refractivity contribution is 7.57. The summed E-state index contributed by atoms with van der Waals surface area (Å²) in [4.78, 5) is 0. The molecule has 0 saturated heterocycles. The zero-order chi connectivity index (χ0) is 20.8. The van der Waals surface area contributed by atoms with Crippen molar-refractivity contribution in [3.8, 4) is 0 Å². The normalized spacial score (nSPS) is 12.6. The lowest BCUT2D eigenvalue weighted by Gasteiger charge is -2.26. The summed E-state index contributed by atoms with van der Waals surface area (Å²) in [7, 11) is -2.35. The van der Waals surface area contributed by atoms with E-state index in [1.807, 2.05) is 55.4 Å². The summed E-state index contributed by atoms with van der Waals surface area (Å²) in [5.74, 6) is 0. The third kappa shape index (κ3) is 6.73. The molecule has 0 atom stereocenters. The van der Waals surface area contributed by atoms with Crippen molar-refractivity contribution >= 4 is 38.1 Å². The summed E-state index contributed by atoms with van der Waals surface area (Å²) in [5, 5.41) is 4.47. The number of rotatable bonds is 10. The van der Waals surface area contributed by atoms with Gasteiger partial charge in [-0.2, -0.15) is 0 Å². The van der Waals surface area contributed by atoms with Gasteiger partial charge in [0.05, 0.1) is 24.4 Å². The molecule has 6 heteroatoms. The summed E-state index contributed by atoms with van der Waals surface area (Å²) in [6.45, 7) is 16.3. The van der Waals surface area contributed by atoms with Crippen molar-refractivity contribution in [3.63, 3.8) is 0 Å². The van der Waals surface area contributed by atoms with Crippen LogP contribution in [0, 0.1) is 0 Å². The van der Waals surface area contributed by atoms with Gasteiger partial charge in [-0.1, -0.05) is 24.3 Å². The Morgan fingerprint density at radius 1 is 0.500 bits per heavy atom. The molecule has 0 radical (unpaired) electrons. The maximum atomic E-state index is 6.17. The first-order valence-corrected chi connectivity index (χ1v) is 12.3. The van der Waals surface area contributed by atoms with E-state index >= 15 is 0 Å². The highest BCUT2D eigenvalue weighted by Gasteiger charge is 2.25. The number of hydrogen-bond donors (Lipinski definition) is 0. The molecule has 0 heterocycles. The maximum absolute atomic E-state index is 6.17. The van der Waals surface area contributed by atoms with Crippen LogP contribution in [0.4, 0.5) is 0 Å². The second kappa shape index (κ2) is 11.0. The minimum absolute atomic E-state index is 0.0916. The minimum Gasteiger partial charge on any atom is -0.328 e. The van der Waals surface area contributed by atoms with Crippen LogP contribution in [0.5, 0.6) is 0 Å². The van der Waals surface area contributed by atoms with E-state index in [-0.39, 0.29) is 24.4 Å². The third-order valence-electron chi connectivity index (χ3n) is 3.50. The Labute approximate surface area is 172 Å². The predicted molar refractivity (Wildman–Crippen MR) is 122 cm³/mol. The lowest BCUT2D eigenvalue weighted by Crippen LogP contribution is -2.19. The molecule has 0 saturated carbocycles. The Kier molecular flexibility index (Phi) is 9.28. The van der Waals surface area contributed by atoms with Crippen molar-refractivity contribution in [3.05, 3.63) is 36.4 Å². The lowest BCUT2D eigenvalue weighted by molar-refractivity contribution is 0.182. The molecule has 2 rings (SSSR count). The smallest absolute Gasteiger partial charge is 0.206 e. The van der Waals surface area contributed by atoms with Gasteiger partial charge in [0, 0.05) is 10.6 Å². The second-order valence-electron chi connectivity index (χ2n) is 7.78. The van der Waals surface area contributed by atoms with Crippen LogP contribution in [0.1, 0.15) is 55.4 Å². The molecule has 0 aliphatic rings. The number of fused-ring (bicyclic) bond motifs is 1. The van der Waals surface area contributed by atoms with E-state index in [1.54, 1.807) is 0 Å². The van der Waals surface area contributed by atoms with E-state index < -0.39 is 16.8 Å². The topological polar surface area (TPSA) is 36.9 Å². The molecule has 4 nitrogen and oxygen atoms in total. The molecule has 0 aliphatic carbocycles. The molecule has 0 fully saturated rings. The average molecular weight is 424 g/mol. The first-order valence-electron chi connectivity index (χ1n) is 9.98. The third-order valence-corrected chi connectivity index (χ3v) is 7.52. The van der Waals surface area contributed by atoms with Crippen LogP contribution >= 0.6 is 16.8 Å². The van der Waals surface area contributed by atoms with Crippen molar-refractivity contribution in [2.75, 3.05) is 0 Å². The Morgan fingerprint density at radius 3 is 1.04 bits per heavy atom. The molecule has 0 bridgehead atoms. The summed E-state index contributed by atoms with van der Waals surface area (Å²) < 4.78 is 24.7. The van der Waals surface area contributed by atoms with E-state index in [9.17, 15) is 0 Å². The van der Waals surface area contributed by atoms with Gasteiger partial charge in [0.25, 0.3) is 0 Å². The molecule has 0 aromatic heterocycles. The van der Waals surface area contributed by atoms with Gasteiger partial charge in [-0.15, -0.1) is 0 Å². The van der Waals surface area contributed by atoms with Crippen LogP contribution in [-0.2, 0) is 18.1 Å². The minimum atomic E-state index is -1.17. The Hall–Kier alpha value is -0.600. The van der Waals surface area contributed by atoms with E-state index in [4.69, 9.17) is 18.1 Å². The molecule has 0 amide bonds. The monoisotopic (exact) mass is 424 g/mol. The van der Waals surface area contributed by atoms with Gasteiger partial charge in [0.2, 0.25) is 16.8 Å². The number of hydrogen-bond acceptors (Lipinski definition) is 4. The summed E-state index contributed by atoms with van der Waals surface area (Å²) >= 11 is 0. The Balaban J connectivity index is 2.56. The Bertz CT molecular complexity index is 664. The molecule has 0 N–H and O–H groups in total. The van der Waals surface area contributed by atoms with Gasteiger partial charge in [0.1, 0.15) is 0 Å². The SMILES string of the molecule is CC(C)OP(OC(C)C)c1ccc(P(OC(C)C)OC(C)C)c2ccccc12. The number of benzene rings is 2. The van der Waals surface area contributed by atoms with Crippen LogP contribution in [0.3, 0.4) is 0 Å². The first kappa shape index (κ1) is 23.7. The molecular weight excluding hydrogens is 390 g/mol. The summed E-state index contributed by atoms with van der Waals surface area (Å²) in [6.07, 6.45) is 0.367. The second-order valence-corrected chi connectivity index (χ2v) is 10.6. The quantitative estimate of drug-likeness (QED) is 0.413. The van der Waals surface area contributed by atoms with Crippen LogP contribution in [0.2, 0.25) is 0 Å². The fraction of sp³-hybridized carbons (Fsp3) is 0.545. The van der Waals surface area contributed by atoms with Gasteiger partial charge >= 0.3 is 0 Å². The van der Waals surface area contributed by atoms with Crippen LogP contribution in [0.15, 0.2) is 36.4 Å². The molecule has 0 aliphatic heterocycles. The predicted octanol–water partition coefficient (Wildman–Crippen LogP) is 6.41. The Morgan fingerprint density at radius 2 is 0.786 bits per heavy atom. The van der Waals surface area contributed by atoms with Crippen LogP contribution in [0.25, 0.3) is 10.8 Å². The maximum Gasteiger partial charge on any atom is 0.206 e. The molecule has 0 unspecified atom stereocenters. The molecule has 2 aromatic carbocycles. The van der Waals surface area contributed by atoms with E-state index in [1.165, 1.54) is 0 Å². The molecule has 28 heavy (non-hydrogen) atoms. The zero-order valence-corrected chi connectivity index (χ0v) is 20.1. The standard InChI is InChI=1S/C22H34O4P2/c1-15(2)23-27(24-16(3)4)21-13-14-22(20-12-10-9-11-19(20)21)28(25-17(5)6)26-18(7)8/h9-18H,1-8H3. The summed E-state index contributed by atoms with van der Waals surface area (Å²) in [6, 6.07) is 12.6. The van der Waals surface area contributed by atoms with Crippen molar-refractivity contribution in [2.45, 2.75) is 79.8 Å². The average Bonchev–Trinajstić information content (AvgIpc) is 2.58. The van der Waals surface area contributed by atoms with Gasteiger partial charge in [0.15, 0.2) is 0 Å². The molecular formula is C22H34O4P2.